The number of hydrogen-bond donors (Lipinski definition) is 1. The van der Waals surface area contributed by atoms with Gasteiger partial charge in [-0.05, 0) is 29.3 Å². The van der Waals surface area contributed by atoms with Crippen LogP contribution < -0.4 is 4.74 Å². The van der Waals surface area contributed by atoms with E-state index in [0.717, 1.165) is 22.4 Å². The van der Waals surface area contributed by atoms with Crippen LogP contribution in [-0.2, 0) is 6.61 Å². The summed E-state index contributed by atoms with van der Waals surface area (Å²) < 4.78 is 5.93. The number of carboxylic acids is 1. The van der Waals surface area contributed by atoms with Crippen LogP contribution in [0.15, 0.2) is 78.9 Å². The summed E-state index contributed by atoms with van der Waals surface area (Å²) in [6.07, 6.45) is 0. The Labute approximate surface area is 134 Å². The molecule has 3 heteroatoms. The maximum absolute atomic E-state index is 10.9. The summed E-state index contributed by atoms with van der Waals surface area (Å²) in [5.41, 5.74) is 3.34. The summed E-state index contributed by atoms with van der Waals surface area (Å²) in [4.78, 5) is 10.9. The van der Waals surface area contributed by atoms with Crippen molar-refractivity contribution in [3.8, 4) is 16.9 Å². The van der Waals surface area contributed by atoms with Crippen LogP contribution in [0.4, 0.5) is 0 Å². The number of hydrogen-bond acceptors (Lipinski definition) is 2. The van der Waals surface area contributed by atoms with Crippen LogP contribution in [0.1, 0.15) is 15.9 Å². The molecule has 0 spiro atoms. The van der Waals surface area contributed by atoms with E-state index in [1.54, 1.807) is 24.3 Å². The molecule has 0 aliphatic carbocycles. The van der Waals surface area contributed by atoms with E-state index in [2.05, 4.69) is 0 Å². The Morgan fingerprint density at radius 2 is 1.48 bits per heavy atom. The molecule has 0 amide bonds. The number of benzene rings is 3. The number of aromatic carboxylic acids is 1. The van der Waals surface area contributed by atoms with Crippen molar-refractivity contribution in [2.45, 2.75) is 6.61 Å². The van der Waals surface area contributed by atoms with Crippen LogP contribution in [0, 0.1) is 0 Å². The van der Waals surface area contributed by atoms with E-state index < -0.39 is 5.97 Å². The normalized spacial score (nSPS) is 10.3. The molecule has 3 rings (SSSR count). The highest BCUT2D eigenvalue weighted by molar-refractivity contribution is 5.87. The summed E-state index contributed by atoms with van der Waals surface area (Å²) >= 11 is 0. The minimum Gasteiger partial charge on any atom is -0.488 e. The Balaban J connectivity index is 1.77. The predicted molar refractivity (Wildman–Crippen MR) is 89.6 cm³/mol. The van der Waals surface area contributed by atoms with Crippen LogP contribution in [0.3, 0.4) is 0 Å². The van der Waals surface area contributed by atoms with Gasteiger partial charge in [0.1, 0.15) is 12.4 Å². The summed E-state index contributed by atoms with van der Waals surface area (Å²) in [5, 5.41) is 8.91. The lowest BCUT2D eigenvalue weighted by molar-refractivity contribution is 0.0697. The summed E-state index contributed by atoms with van der Waals surface area (Å²) in [5.74, 6) is -0.118. The van der Waals surface area contributed by atoms with Gasteiger partial charge in [-0.15, -0.1) is 0 Å². The van der Waals surface area contributed by atoms with E-state index >= 15 is 0 Å². The fraction of sp³-hybridized carbons (Fsp3) is 0.0500. The van der Waals surface area contributed by atoms with E-state index in [4.69, 9.17) is 9.84 Å². The quantitative estimate of drug-likeness (QED) is 0.747. The predicted octanol–water partition coefficient (Wildman–Crippen LogP) is 4.63. The Bertz CT molecular complexity index is 793. The Hall–Kier alpha value is -3.07. The summed E-state index contributed by atoms with van der Waals surface area (Å²) in [6, 6.07) is 24.7. The SMILES string of the molecule is O=C(O)c1ccc(COc2ccccc2-c2ccccc2)cc1. The van der Waals surface area contributed by atoms with Gasteiger partial charge in [-0.1, -0.05) is 60.7 Å². The smallest absolute Gasteiger partial charge is 0.335 e. The monoisotopic (exact) mass is 304 g/mol. The zero-order valence-electron chi connectivity index (χ0n) is 12.5. The molecule has 0 bridgehead atoms. The van der Waals surface area contributed by atoms with Crippen LogP contribution in [0.2, 0.25) is 0 Å². The average molecular weight is 304 g/mol. The van der Waals surface area contributed by atoms with Crippen molar-refractivity contribution in [1.82, 2.24) is 0 Å². The van der Waals surface area contributed by atoms with E-state index in [0.29, 0.717) is 6.61 Å². The van der Waals surface area contributed by atoms with Crippen molar-refractivity contribution in [3.05, 3.63) is 90.0 Å². The van der Waals surface area contributed by atoms with Gasteiger partial charge in [0.15, 0.2) is 0 Å². The Morgan fingerprint density at radius 3 is 2.17 bits per heavy atom. The molecule has 23 heavy (non-hydrogen) atoms. The number of ether oxygens (including phenoxy) is 1. The van der Waals surface area contributed by atoms with Gasteiger partial charge in [0.2, 0.25) is 0 Å². The number of para-hydroxylation sites is 1. The average Bonchev–Trinajstić information content (AvgIpc) is 2.61. The highest BCUT2D eigenvalue weighted by Crippen LogP contribution is 2.30. The fourth-order valence-corrected chi connectivity index (χ4v) is 2.35. The highest BCUT2D eigenvalue weighted by Gasteiger charge is 2.06. The molecule has 0 heterocycles. The van der Waals surface area contributed by atoms with Gasteiger partial charge in [0, 0.05) is 5.56 Å². The molecular weight excluding hydrogens is 288 g/mol. The molecule has 0 aliphatic heterocycles. The van der Waals surface area contributed by atoms with Gasteiger partial charge < -0.3 is 9.84 Å². The van der Waals surface area contributed by atoms with Crippen molar-refractivity contribution in [2.75, 3.05) is 0 Å². The largest absolute Gasteiger partial charge is 0.488 e. The fourth-order valence-electron chi connectivity index (χ4n) is 2.35. The summed E-state index contributed by atoms with van der Waals surface area (Å²) in [7, 11) is 0. The standard InChI is InChI=1S/C20H16O3/c21-20(22)17-12-10-15(11-13-17)14-23-19-9-5-4-8-18(19)16-6-2-1-3-7-16/h1-13H,14H2,(H,21,22). The van der Waals surface area contributed by atoms with E-state index in [-0.39, 0.29) is 5.56 Å². The van der Waals surface area contributed by atoms with E-state index in [1.807, 2.05) is 54.6 Å². The van der Waals surface area contributed by atoms with Crippen LogP contribution in [-0.4, -0.2) is 11.1 Å². The molecule has 114 valence electrons. The molecule has 0 saturated heterocycles. The van der Waals surface area contributed by atoms with E-state index in [9.17, 15) is 4.79 Å². The molecule has 0 radical (unpaired) electrons. The van der Waals surface area contributed by atoms with Crippen molar-refractivity contribution in [3.63, 3.8) is 0 Å². The van der Waals surface area contributed by atoms with Crippen molar-refractivity contribution < 1.29 is 14.6 Å². The zero-order chi connectivity index (χ0) is 16.1. The lowest BCUT2D eigenvalue weighted by Crippen LogP contribution is -1.99. The first kappa shape index (κ1) is 14.9. The van der Waals surface area contributed by atoms with Gasteiger partial charge in [-0.25, -0.2) is 4.79 Å². The first-order valence-corrected chi connectivity index (χ1v) is 7.33. The molecule has 0 fully saturated rings. The molecule has 0 saturated carbocycles. The summed E-state index contributed by atoms with van der Waals surface area (Å²) in [6.45, 7) is 0.393. The second kappa shape index (κ2) is 6.79. The minimum absolute atomic E-state index is 0.276. The van der Waals surface area contributed by atoms with Gasteiger partial charge in [0.05, 0.1) is 5.56 Å². The first-order valence-electron chi connectivity index (χ1n) is 7.33. The van der Waals surface area contributed by atoms with E-state index in [1.165, 1.54) is 0 Å². The molecule has 0 aromatic heterocycles. The topological polar surface area (TPSA) is 46.5 Å². The van der Waals surface area contributed by atoms with Crippen molar-refractivity contribution in [1.29, 1.82) is 0 Å². The number of carboxylic acid groups (broad SMARTS) is 1. The van der Waals surface area contributed by atoms with Gasteiger partial charge in [-0.3, -0.25) is 0 Å². The molecule has 0 unspecified atom stereocenters. The molecule has 0 atom stereocenters. The third-order valence-corrected chi connectivity index (χ3v) is 3.57. The molecule has 1 N–H and O–H groups in total. The van der Waals surface area contributed by atoms with Crippen molar-refractivity contribution in [2.24, 2.45) is 0 Å². The minimum atomic E-state index is -0.924. The second-order valence-electron chi connectivity index (χ2n) is 5.15. The maximum atomic E-state index is 10.9. The maximum Gasteiger partial charge on any atom is 0.335 e. The van der Waals surface area contributed by atoms with Gasteiger partial charge in [-0.2, -0.15) is 0 Å². The molecule has 3 nitrogen and oxygen atoms in total. The molecule has 3 aromatic rings. The van der Waals surface area contributed by atoms with Crippen LogP contribution >= 0.6 is 0 Å². The Morgan fingerprint density at radius 1 is 0.826 bits per heavy atom. The molecule has 3 aromatic carbocycles. The lowest BCUT2D eigenvalue weighted by atomic mass is 10.0. The third kappa shape index (κ3) is 3.58. The lowest BCUT2D eigenvalue weighted by Gasteiger charge is -2.12. The number of rotatable bonds is 5. The molecule has 0 aliphatic rings. The Kier molecular flexibility index (Phi) is 4.39. The highest BCUT2D eigenvalue weighted by atomic mass is 16.5. The van der Waals surface area contributed by atoms with Crippen LogP contribution in [0.5, 0.6) is 5.75 Å². The van der Waals surface area contributed by atoms with Gasteiger partial charge >= 0.3 is 5.97 Å². The number of carbonyl (C=O) groups is 1. The zero-order valence-corrected chi connectivity index (χ0v) is 12.5. The van der Waals surface area contributed by atoms with Crippen LogP contribution in [0.25, 0.3) is 11.1 Å². The third-order valence-electron chi connectivity index (χ3n) is 3.57. The second-order valence-corrected chi connectivity index (χ2v) is 5.15. The molecular formula is C20H16O3. The first-order chi connectivity index (χ1) is 11.2. The van der Waals surface area contributed by atoms with Gasteiger partial charge in [0.25, 0.3) is 0 Å². The van der Waals surface area contributed by atoms with Crippen molar-refractivity contribution >= 4 is 5.97 Å².